The highest BCUT2D eigenvalue weighted by Crippen LogP contribution is 2.24. The number of hydrogen-bond donors (Lipinski definition) is 1. The van der Waals surface area contributed by atoms with E-state index in [4.69, 9.17) is 22.1 Å². The van der Waals surface area contributed by atoms with Crippen LogP contribution in [0.3, 0.4) is 0 Å². The van der Waals surface area contributed by atoms with E-state index in [-0.39, 0.29) is 17.5 Å². The number of anilines is 2. The number of nitrogens with two attached hydrogens (primary N) is 1. The molecule has 0 unspecified atom stereocenters. The summed E-state index contributed by atoms with van der Waals surface area (Å²) < 4.78 is 4.83. The molecule has 0 aliphatic rings. The van der Waals surface area contributed by atoms with Crippen molar-refractivity contribution in [1.29, 1.82) is 0 Å². The molecule has 0 radical (unpaired) electrons. The van der Waals surface area contributed by atoms with Gasteiger partial charge in [-0.1, -0.05) is 11.6 Å². The lowest BCUT2D eigenvalue weighted by atomic mass is 10.3. The quantitative estimate of drug-likeness (QED) is 0.629. The highest BCUT2D eigenvalue weighted by Gasteiger charge is 2.12. The first kappa shape index (κ1) is 13.5. The molecular weight excluding hydrogens is 244 g/mol. The fourth-order valence-electron chi connectivity index (χ4n) is 1.27. The third kappa shape index (κ3) is 3.74. The Morgan fingerprint density at radius 3 is 2.94 bits per heavy atom. The number of aromatic nitrogens is 2. The first-order valence-electron chi connectivity index (χ1n) is 5.19. The van der Waals surface area contributed by atoms with Gasteiger partial charge in [-0.15, -0.1) is 0 Å². The summed E-state index contributed by atoms with van der Waals surface area (Å²) in [7, 11) is 1.77. The van der Waals surface area contributed by atoms with Crippen LogP contribution in [0, 0.1) is 0 Å². The maximum absolute atomic E-state index is 11.2. The van der Waals surface area contributed by atoms with Crippen molar-refractivity contribution in [2.45, 2.75) is 13.3 Å². The Hall–Kier alpha value is -1.56. The first-order valence-corrected chi connectivity index (χ1v) is 5.56. The summed E-state index contributed by atoms with van der Waals surface area (Å²) in [6.07, 6.45) is 1.60. The van der Waals surface area contributed by atoms with Crippen molar-refractivity contribution in [1.82, 2.24) is 9.97 Å². The normalized spacial score (nSPS) is 10.1. The van der Waals surface area contributed by atoms with E-state index in [1.54, 1.807) is 18.9 Å². The Bertz CT molecular complexity index is 400. The van der Waals surface area contributed by atoms with Crippen molar-refractivity contribution in [3.8, 4) is 0 Å². The molecule has 0 spiro atoms. The monoisotopic (exact) mass is 258 g/mol. The fraction of sp³-hybridized carbons (Fsp3) is 0.500. The second-order valence-electron chi connectivity index (χ2n) is 3.38. The summed E-state index contributed by atoms with van der Waals surface area (Å²) >= 11 is 5.78. The van der Waals surface area contributed by atoms with Gasteiger partial charge in [0.1, 0.15) is 12.0 Å². The first-order chi connectivity index (χ1) is 8.06. The molecule has 0 aliphatic carbocycles. The molecule has 0 aromatic carbocycles. The number of halogens is 1. The zero-order chi connectivity index (χ0) is 12.8. The van der Waals surface area contributed by atoms with E-state index < -0.39 is 0 Å². The molecule has 0 fully saturated rings. The summed E-state index contributed by atoms with van der Waals surface area (Å²) in [5, 5.41) is 0.206. The fourth-order valence-corrected chi connectivity index (χ4v) is 1.40. The number of carbonyl (C=O) groups is 1. The van der Waals surface area contributed by atoms with E-state index >= 15 is 0 Å². The topological polar surface area (TPSA) is 81.3 Å². The molecule has 1 heterocycles. The largest absolute Gasteiger partial charge is 0.466 e. The van der Waals surface area contributed by atoms with Gasteiger partial charge < -0.3 is 15.4 Å². The summed E-state index contributed by atoms with van der Waals surface area (Å²) in [4.78, 5) is 20.7. The average molecular weight is 259 g/mol. The van der Waals surface area contributed by atoms with E-state index in [1.165, 1.54) is 6.33 Å². The van der Waals surface area contributed by atoms with Gasteiger partial charge in [-0.05, 0) is 6.92 Å². The van der Waals surface area contributed by atoms with Crippen LogP contribution in [0.1, 0.15) is 13.3 Å². The van der Waals surface area contributed by atoms with Crippen LogP contribution in [-0.2, 0) is 9.53 Å². The number of nitrogen functional groups attached to an aromatic ring is 1. The van der Waals surface area contributed by atoms with E-state index in [9.17, 15) is 4.79 Å². The van der Waals surface area contributed by atoms with E-state index in [0.29, 0.717) is 24.7 Å². The Labute approximate surface area is 105 Å². The second kappa shape index (κ2) is 6.24. The van der Waals surface area contributed by atoms with Gasteiger partial charge in [-0.2, -0.15) is 0 Å². The van der Waals surface area contributed by atoms with Gasteiger partial charge in [-0.25, -0.2) is 9.97 Å². The van der Waals surface area contributed by atoms with Crippen molar-refractivity contribution >= 4 is 29.1 Å². The lowest BCUT2D eigenvalue weighted by molar-refractivity contribution is -0.142. The highest BCUT2D eigenvalue weighted by atomic mass is 35.5. The predicted molar refractivity (Wildman–Crippen MR) is 66.0 cm³/mol. The molecule has 0 saturated carbocycles. The van der Waals surface area contributed by atoms with Crippen molar-refractivity contribution in [2.75, 3.05) is 30.8 Å². The van der Waals surface area contributed by atoms with Crippen LogP contribution in [0.4, 0.5) is 11.5 Å². The molecule has 0 saturated heterocycles. The van der Waals surface area contributed by atoms with Crippen LogP contribution in [0.15, 0.2) is 6.33 Å². The number of nitrogens with zero attached hydrogens (tertiary/aromatic N) is 3. The predicted octanol–water partition coefficient (Wildman–Crippen LogP) is 1.10. The SMILES string of the molecule is CCOC(=O)CCN(C)c1ncnc(Cl)c1N. The minimum Gasteiger partial charge on any atom is -0.466 e. The van der Waals surface area contributed by atoms with Gasteiger partial charge in [0.05, 0.1) is 13.0 Å². The van der Waals surface area contributed by atoms with E-state index in [2.05, 4.69) is 9.97 Å². The van der Waals surface area contributed by atoms with Crippen LogP contribution in [0.25, 0.3) is 0 Å². The molecule has 0 aliphatic heterocycles. The van der Waals surface area contributed by atoms with Gasteiger partial charge >= 0.3 is 5.97 Å². The molecule has 94 valence electrons. The van der Waals surface area contributed by atoms with E-state index in [0.717, 1.165) is 0 Å². The number of rotatable bonds is 5. The summed E-state index contributed by atoms with van der Waals surface area (Å²) in [5.74, 6) is 0.257. The minimum atomic E-state index is -0.252. The standard InChI is InChI=1S/C10H15ClN4O2/c1-3-17-7(16)4-5-15(2)10-8(12)9(11)13-6-14-10/h6H,3-5,12H2,1-2H3. The molecular formula is C10H15ClN4O2. The number of esters is 1. The van der Waals surface area contributed by atoms with Crippen LogP contribution < -0.4 is 10.6 Å². The second-order valence-corrected chi connectivity index (χ2v) is 3.74. The van der Waals surface area contributed by atoms with Crippen molar-refractivity contribution < 1.29 is 9.53 Å². The van der Waals surface area contributed by atoms with Crippen LogP contribution in [0.5, 0.6) is 0 Å². The molecule has 1 aromatic rings. The lowest BCUT2D eigenvalue weighted by Gasteiger charge is -2.19. The Morgan fingerprint density at radius 1 is 1.59 bits per heavy atom. The molecule has 17 heavy (non-hydrogen) atoms. The molecule has 1 rings (SSSR count). The van der Waals surface area contributed by atoms with Crippen LogP contribution in [0.2, 0.25) is 5.15 Å². The summed E-state index contributed by atoms with van der Waals surface area (Å²) in [6, 6.07) is 0. The number of hydrogen-bond acceptors (Lipinski definition) is 6. The average Bonchev–Trinajstić information content (AvgIpc) is 2.30. The zero-order valence-electron chi connectivity index (χ0n) is 9.81. The summed E-state index contributed by atoms with van der Waals surface area (Å²) in [6.45, 7) is 2.60. The Morgan fingerprint density at radius 2 is 2.29 bits per heavy atom. The molecule has 7 heteroatoms. The van der Waals surface area contributed by atoms with Crippen LogP contribution >= 0.6 is 11.6 Å². The third-order valence-corrected chi connectivity index (χ3v) is 2.43. The van der Waals surface area contributed by atoms with Crippen molar-refractivity contribution in [3.63, 3.8) is 0 Å². The maximum atomic E-state index is 11.2. The number of ether oxygens (including phenoxy) is 1. The molecule has 0 atom stereocenters. The van der Waals surface area contributed by atoms with Gasteiger partial charge in [0.25, 0.3) is 0 Å². The van der Waals surface area contributed by atoms with Gasteiger partial charge in [0.15, 0.2) is 11.0 Å². The van der Waals surface area contributed by atoms with Crippen molar-refractivity contribution in [3.05, 3.63) is 11.5 Å². The smallest absolute Gasteiger partial charge is 0.307 e. The Kier molecular flexibility index (Phi) is 4.96. The van der Waals surface area contributed by atoms with Gasteiger partial charge in [0.2, 0.25) is 0 Å². The van der Waals surface area contributed by atoms with Gasteiger partial charge in [-0.3, -0.25) is 4.79 Å². The maximum Gasteiger partial charge on any atom is 0.307 e. The molecule has 2 N–H and O–H groups in total. The van der Waals surface area contributed by atoms with Gasteiger partial charge in [0, 0.05) is 13.6 Å². The minimum absolute atomic E-state index is 0.206. The lowest BCUT2D eigenvalue weighted by Crippen LogP contribution is -2.24. The highest BCUT2D eigenvalue weighted by molar-refractivity contribution is 6.32. The molecule has 0 amide bonds. The number of carbonyl (C=O) groups excluding carboxylic acids is 1. The molecule has 6 nitrogen and oxygen atoms in total. The van der Waals surface area contributed by atoms with Crippen LogP contribution in [-0.4, -0.2) is 36.1 Å². The summed E-state index contributed by atoms with van der Waals surface area (Å²) in [5.41, 5.74) is 6.04. The Balaban J connectivity index is 2.61. The molecule has 0 bridgehead atoms. The van der Waals surface area contributed by atoms with Crippen molar-refractivity contribution in [2.24, 2.45) is 0 Å². The third-order valence-electron chi connectivity index (χ3n) is 2.13. The molecule has 1 aromatic heterocycles. The van der Waals surface area contributed by atoms with E-state index in [1.807, 2.05) is 0 Å². The zero-order valence-corrected chi connectivity index (χ0v) is 10.6.